The van der Waals surface area contributed by atoms with Gasteiger partial charge in [-0.15, -0.1) is 0 Å². The number of amides is 2. The molecule has 0 saturated carbocycles. The van der Waals surface area contributed by atoms with E-state index in [2.05, 4.69) is 10.6 Å². The molecule has 2 amide bonds. The first kappa shape index (κ1) is 31.0. The number of esters is 4. The highest BCUT2D eigenvalue weighted by atomic mass is 16.6. The van der Waals surface area contributed by atoms with Gasteiger partial charge in [0.05, 0.1) is 0 Å². The summed E-state index contributed by atoms with van der Waals surface area (Å²) in [4.78, 5) is 70.8. The van der Waals surface area contributed by atoms with Gasteiger partial charge >= 0.3 is 23.9 Å². The smallest absolute Gasteiger partial charge is 0.308 e. The summed E-state index contributed by atoms with van der Waals surface area (Å²) in [5, 5.41) is 5.49. The SMILES string of the molecule is CC(=O)Oc1cc(OC(C)=O)cc(C(=O)NCc2ccc(CNC(=O)c3cc(OC(C)=O)cc(OC(C)=O)c3)cc2)c1. The predicted octanol–water partition coefficient (Wildman–Crippen LogP) is 3.25. The van der Waals surface area contributed by atoms with Crippen LogP contribution in [0.1, 0.15) is 59.5 Å². The second-order valence-electron chi connectivity index (χ2n) is 8.94. The molecular formula is C30H28N2O10. The molecule has 0 radical (unpaired) electrons. The van der Waals surface area contributed by atoms with Crippen molar-refractivity contribution >= 4 is 35.7 Å². The molecule has 12 nitrogen and oxygen atoms in total. The average Bonchev–Trinajstić information content (AvgIpc) is 2.89. The van der Waals surface area contributed by atoms with Crippen molar-refractivity contribution in [3.8, 4) is 23.0 Å². The number of benzene rings is 3. The first-order valence-corrected chi connectivity index (χ1v) is 12.6. The molecule has 3 aromatic carbocycles. The van der Waals surface area contributed by atoms with Gasteiger partial charge in [0, 0.05) is 64.0 Å². The van der Waals surface area contributed by atoms with Gasteiger partial charge in [-0.3, -0.25) is 28.8 Å². The van der Waals surface area contributed by atoms with Gasteiger partial charge in [-0.1, -0.05) is 24.3 Å². The van der Waals surface area contributed by atoms with Crippen molar-refractivity contribution in [3.63, 3.8) is 0 Å². The number of ether oxygens (including phenoxy) is 4. The van der Waals surface area contributed by atoms with Crippen LogP contribution in [0.3, 0.4) is 0 Å². The van der Waals surface area contributed by atoms with E-state index in [0.717, 1.165) is 11.1 Å². The van der Waals surface area contributed by atoms with Crippen LogP contribution in [0.5, 0.6) is 23.0 Å². The third-order valence-electron chi connectivity index (χ3n) is 5.26. The van der Waals surface area contributed by atoms with Crippen molar-refractivity contribution in [2.75, 3.05) is 0 Å². The maximum atomic E-state index is 12.7. The zero-order valence-electron chi connectivity index (χ0n) is 23.3. The van der Waals surface area contributed by atoms with Crippen LogP contribution in [0.15, 0.2) is 60.7 Å². The molecule has 3 aromatic rings. The zero-order valence-corrected chi connectivity index (χ0v) is 23.3. The van der Waals surface area contributed by atoms with Gasteiger partial charge in [0.1, 0.15) is 23.0 Å². The highest BCUT2D eigenvalue weighted by molar-refractivity contribution is 5.96. The van der Waals surface area contributed by atoms with Crippen LogP contribution in [-0.4, -0.2) is 35.7 Å². The molecule has 0 spiro atoms. The molecule has 0 unspecified atom stereocenters. The minimum absolute atomic E-state index is 0.0542. The summed E-state index contributed by atoms with van der Waals surface area (Å²) in [7, 11) is 0. The van der Waals surface area contributed by atoms with Gasteiger partial charge in [0.25, 0.3) is 11.8 Å². The number of carbonyl (C=O) groups excluding carboxylic acids is 6. The topological polar surface area (TPSA) is 163 Å². The van der Waals surface area contributed by atoms with Crippen molar-refractivity contribution in [2.24, 2.45) is 0 Å². The molecule has 218 valence electrons. The third-order valence-corrected chi connectivity index (χ3v) is 5.26. The van der Waals surface area contributed by atoms with Crippen molar-refractivity contribution in [1.29, 1.82) is 0 Å². The Labute approximate surface area is 240 Å². The Morgan fingerprint density at radius 3 is 0.976 bits per heavy atom. The van der Waals surface area contributed by atoms with E-state index in [1.165, 1.54) is 64.1 Å². The summed E-state index contributed by atoms with van der Waals surface area (Å²) >= 11 is 0. The van der Waals surface area contributed by atoms with E-state index < -0.39 is 35.7 Å². The highest BCUT2D eigenvalue weighted by Gasteiger charge is 2.14. The Balaban J connectivity index is 1.61. The van der Waals surface area contributed by atoms with Crippen molar-refractivity contribution in [3.05, 3.63) is 82.9 Å². The van der Waals surface area contributed by atoms with Crippen LogP contribution in [0.25, 0.3) is 0 Å². The predicted molar refractivity (Wildman–Crippen MR) is 147 cm³/mol. The minimum Gasteiger partial charge on any atom is -0.427 e. The van der Waals surface area contributed by atoms with Gasteiger partial charge in [-0.05, 0) is 35.4 Å². The molecule has 2 N–H and O–H groups in total. The molecule has 3 rings (SSSR count). The summed E-state index contributed by atoms with van der Waals surface area (Å²) in [6.45, 7) is 5.15. The molecule has 0 aliphatic heterocycles. The lowest BCUT2D eigenvalue weighted by atomic mass is 10.1. The molecule has 42 heavy (non-hydrogen) atoms. The van der Waals surface area contributed by atoms with Gasteiger partial charge in [-0.25, -0.2) is 0 Å². The summed E-state index contributed by atoms with van der Waals surface area (Å²) < 4.78 is 20.1. The lowest BCUT2D eigenvalue weighted by molar-refractivity contribution is -0.133. The van der Waals surface area contributed by atoms with E-state index in [9.17, 15) is 28.8 Å². The van der Waals surface area contributed by atoms with Gasteiger partial charge < -0.3 is 29.6 Å². The average molecular weight is 577 g/mol. The van der Waals surface area contributed by atoms with Crippen molar-refractivity contribution in [2.45, 2.75) is 40.8 Å². The second-order valence-corrected chi connectivity index (χ2v) is 8.94. The minimum atomic E-state index is -0.597. The number of carbonyl (C=O) groups is 6. The largest absolute Gasteiger partial charge is 0.427 e. The third kappa shape index (κ3) is 9.90. The Kier molecular flexibility index (Phi) is 10.5. The molecule has 12 heteroatoms. The summed E-state index contributed by atoms with van der Waals surface area (Å²) in [5.41, 5.74) is 1.77. The summed E-state index contributed by atoms with van der Waals surface area (Å²) in [6.07, 6.45) is 0. The molecule has 0 saturated heterocycles. The molecule has 0 fully saturated rings. The van der Waals surface area contributed by atoms with Crippen LogP contribution in [0, 0.1) is 0 Å². The van der Waals surface area contributed by atoms with Crippen LogP contribution in [-0.2, 0) is 32.3 Å². The molecule has 0 atom stereocenters. The van der Waals surface area contributed by atoms with Gasteiger partial charge in [0.2, 0.25) is 0 Å². The fourth-order valence-corrected chi connectivity index (χ4v) is 3.65. The first-order valence-electron chi connectivity index (χ1n) is 12.6. The maximum absolute atomic E-state index is 12.7. The fourth-order valence-electron chi connectivity index (χ4n) is 3.65. The van der Waals surface area contributed by atoms with Gasteiger partial charge in [-0.2, -0.15) is 0 Å². The molecule has 0 aliphatic rings. The number of hydrogen-bond acceptors (Lipinski definition) is 10. The zero-order chi connectivity index (χ0) is 30.8. The van der Waals surface area contributed by atoms with Crippen LogP contribution >= 0.6 is 0 Å². The first-order chi connectivity index (χ1) is 19.9. The summed E-state index contributed by atoms with van der Waals surface area (Å²) in [6, 6.07) is 15.1. The molecule has 0 aromatic heterocycles. The normalized spacial score (nSPS) is 10.2. The van der Waals surface area contributed by atoms with E-state index in [0.29, 0.717) is 0 Å². The Hall–Kier alpha value is -5.52. The second kappa shape index (κ2) is 14.2. The van der Waals surface area contributed by atoms with E-state index in [1.54, 1.807) is 24.3 Å². The monoisotopic (exact) mass is 576 g/mol. The van der Waals surface area contributed by atoms with Crippen LogP contribution < -0.4 is 29.6 Å². The van der Waals surface area contributed by atoms with E-state index >= 15 is 0 Å². The molecule has 0 heterocycles. The van der Waals surface area contributed by atoms with Crippen LogP contribution in [0.2, 0.25) is 0 Å². The lowest BCUT2D eigenvalue weighted by Gasteiger charge is -2.11. The number of nitrogens with one attached hydrogen (secondary N) is 2. The van der Waals surface area contributed by atoms with Crippen molar-refractivity contribution in [1.82, 2.24) is 10.6 Å². The Bertz CT molecular complexity index is 1350. The number of rotatable bonds is 10. The Morgan fingerprint density at radius 2 is 0.738 bits per heavy atom. The summed E-state index contributed by atoms with van der Waals surface area (Å²) in [5.74, 6) is -3.15. The maximum Gasteiger partial charge on any atom is 0.308 e. The van der Waals surface area contributed by atoms with Gasteiger partial charge in [0.15, 0.2) is 0 Å². The molecular weight excluding hydrogens is 548 g/mol. The lowest BCUT2D eigenvalue weighted by Crippen LogP contribution is -2.24. The number of hydrogen-bond donors (Lipinski definition) is 2. The quantitative estimate of drug-likeness (QED) is 0.270. The molecule has 0 bridgehead atoms. The van der Waals surface area contributed by atoms with E-state index in [4.69, 9.17) is 18.9 Å². The highest BCUT2D eigenvalue weighted by Crippen LogP contribution is 2.25. The van der Waals surface area contributed by atoms with E-state index in [-0.39, 0.29) is 47.2 Å². The Morgan fingerprint density at radius 1 is 0.476 bits per heavy atom. The molecule has 0 aliphatic carbocycles. The fraction of sp³-hybridized carbons (Fsp3) is 0.200. The van der Waals surface area contributed by atoms with Crippen molar-refractivity contribution < 1.29 is 47.7 Å². The van der Waals surface area contributed by atoms with E-state index in [1.807, 2.05) is 0 Å². The van der Waals surface area contributed by atoms with Crippen LogP contribution in [0.4, 0.5) is 0 Å². The standard InChI is InChI=1S/C30H28N2O10/c1-17(33)39-25-9-23(10-26(13-25)40-18(2)34)29(37)31-15-21-5-7-22(8-6-21)16-32-30(38)24-11-27(41-19(3)35)14-28(12-24)42-20(4)36/h5-14H,15-16H2,1-4H3,(H,31,37)(H,32,38).